The molecule has 0 unspecified atom stereocenters. The number of hydrogen-bond donors (Lipinski definition) is 1. The van der Waals surface area contributed by atoms with E-state index in [1.54, 1.807) is 7.11 Å². The molecule has 1 amide bonds. The van der Waals surface area contributed by atoms with Gasteiger partial charge >= 0.3 is 0 Å². The van der Waals surface area contributed by atoms with Gasteiger partial charge in [-0.3, -0.25) is 4.79 Å². The predicted octanol–water partition coefficient (Wildman–Crippen LogP) is 4.52. The molecule has 3 nitrogen and oxygen atoms in total. The summed E-state index contributed by atoms with van der Waals surface area (Å²) >= 11 is 0. The fourth-order valence-corrected chi connectivity index (χ4v) is 3.52. The number of benzene rings is 2. The van der Waals surface area contributed by atoms with Crippen LogP contribution in [0.4, 0.5) is 0 Å². The van der Waals surface area contributed by atoms with Crippen LogP contribution in [-0.2, 0) is 4.79 Å². The van der Waals surface area contributed by atoms with Crippen LogP contribution in [0.25, 0.3) is 0 Å². The summed E-state index contributed by atoms with van der Waals surface area (Å²) < 4.78 is 5.28. The molecule has 3 rings (SSSR count). The Bertz CT molecular complexity index is 703. The maximum absolute atomic E-state index is 13.0. The van der Waals surface area contributed by atoms with Crippen LogP contribution in [0.5, 0.6) is 5.75 Å². The maximum Gasteiger partial charge on any atom is 0.226 e. The molecule has 0 aromatic heterocycles. The van der Waals surface area contributed by atoms with E-state index in [0.717, 1.165) is 29.7 Å². The Balaban J connectivity index is 1.95. The van der Waals surface area contributed by atoms with E-state index in [-0.39, 0.29) is 11.8 Å². The highest BCUT2D eigenvalue weighted by Gasteiger charge is 2.40. The average molecular weight is 337 g/mol. The Morgan fingerprint density at radius 2 is 1.64 bits per heavy atom. The van der Waals surface area contributed by atoms with E-state index < -0.39 is 5.41 Å². The van der Waals surface area contributed by atoms with Gasteiger partial charge in [0.1, 0.15) is 5.75 Å². The molecule has 1 aliphatic carbocycles. The van der Waals surface area contributed by atoms with E-state index in [9.17, 15) is 4.79 Å². The molecule has 0 aliphatic heterocycles. The molecule has 1 fully saturated rings. The smallest absolute Gasteiger partial charge is 0.226 e. The normalized spacial score (nSPS) is 16.0. The monoisotopic (exact) mass is 337 g/mol. The van der Waals surface area contributed by atoms with Crippen molar-refractivity contribution in [2.75, 3.05) is 7.11 Å². The van der Waals surface area contributed by atoms with Crippen molar-refractivity contribution >= 4 is 5.91 Å². The number of amides is 1. The lowest BCUT2D eigenvalue weighted by atomic mass is 9.70. The Kier molecular flexibility index (Phi) is 5.12. The average Bonchev–Trinajstić information content (AvgIpc) is 2.59. The van der Waals surface area contributed by atoms with Crippen molar-refractivity contribution in [3.05, 3.63) is 65.7 Å². The van der Waals surface area contributed by atoms with E-state index >= 15 is 0 Å². The van der Waals surface area contributed by atoms with Crippen LogP contribution in [-0.4, -0.2) is 19.1 Å². The van der Waals surface area contributed by atoms with E-state index in [1.165, 1.54) is 6.42 Å². The molecule has 132 valence electrons. The van der Waals surface area contributed by atoms with Crippen LogP contribution in [0, 0.1) is 5.41 Å². The molecule has 2 aromatic carbocycles. The van der Waals surface area contributed by atoms with Gasteiger partial charge in [0, 0.05) is 12.0 Å². The third-order valence-corrected chi connectivity index (χ3v) is 5.33. The SMILES string of the molecule is COc1ccc([C@H](c2ccccc2)C(C)(C)C(=O)NC2CCC2)cc1. The molecule has 0 radical (unpaired) electrons. The second kappa shape index (κ2) is 7.30. The molecule has 1 saturated carbocycles. The van der Waals surface area contributed by atoms with Crippen molar-refractivity contribution in [1.82, 2.24) is 5.32 Å². The highest BCUT2D eigenvalue weighted by molar-refractivity contribution is 5.84. The Morgan fingerprint density at radius 1 is 1.04 bits per heavy atom. The summed E-state index contributed by atoms with van der Waals surface area (Å²) in [6, 6.07) is 18.7. The number of nitrogens with one attached hydrogen (secondary N) is 1. The van der Waals surface area contributed by atoms with Gasteiger partial charge in [0.15, 0.2) is 0 Å². The predicted molar refractivity (Wildman–Crippen MR) is 101 cm³/mol. The number of methoxy groups -OCH3 is 1. The zero-order chi connectivity index (χ0) is 17.9. The Morgan fingerprint density at radius 3 is 2.16 bits per heavy atom. The zero-order valence-electron chi connectivity index (χ0n) is 15.3. The van der Waals surface area contributed by atoms with Gasteiger partial charge in [-0.2, -0.15) is 0 Å². The number of ether oxygens (including phenoxy) is 1. The fraction of sp³-hybridized carbons (Fsp3) is 0.409. The van der Waals surface area contributed by atoms with Crippen LogP contribution >= 0.6 is 0 Å². The standard InChI is InChI=1S/C22H27NO2/c1-22(2,21(24)23-18-10-7-11-18)20(16-8-5-4-6-9-16)17-12-14-19(25-3)15-13-17/h4-6,8-9,12-15,18,20H,7,10-11H2,1-3H3,(H,23,24)/t20-/m0/s1. The third kappa shape index (κ3) is 3.71. The van der Waals surface area contributed by atoms with Gasteiger partial charge in [0.2, 0.25) is 5.91 Å². The lowest BCUT2D eigenvalue weighted by Crippen LogP contribution is -2.48. The summed E-state index contributed by atoms with van der Waals surface area (Å²) in [5, 5.41) is 3.24. The third-order valence-electron chi connectivity index (χ3n) is 5.33. The summed E-state index contributed by atoms with van der Waals surface area (Å²) in [5.41, 5.74) is 1.73. The molecule has 2 aromatic rings. The largest absolute Gasteiger partial charge is 0.497 e. The molecule has 3 heteroatoms. The molecule has 1 N–H and O–H groups in total. The number of carbonyl (C=O) groups is 1. The van der Waals surface area contributed by atoms with Crippen LogP contribution in [0.1, 0.15) is 50.2 Å². The lowest BCUT2D eigenvalue weighted by molar-refractivity contribution is -0.131. The first-order valence-electron chi connectivity index (χ1n) is 9.02. The van der Waals surface area contributed by atoms with Crippen LogP contribution in [0.15, 0.2) is 54.6 Å². The number of carbonyl (C=O) groups excluding carboxylic acids is 1. The molecule has 0 bridgehead atoms. The van der Waals surface area contributed by atoms with Crippen molar-refractivity contribution in [1.29, 1.82) is 0 Å². The topological polar surface area (TPSA) is 38.3 Å². The van der Waals surface area contributed by atoms with Crippen LogP contribution < -0.4 is 10.1 Å². The minimum absolute atomic E-state index is 0.0142. The quantitative estimate of drug-likeness (QED) is 0.841. The molecular weight excluding hydrogens is 310 g/mol. The minimum atomic E-state index is -0.550. The van der Waals surface area contributed by atoms with Gasteiger partial charge in [-0.15, -0.1) is 0 Å². The van der Waals surface area contributed by atoms with Gasteiger partial charge < -0.3 is 10.1 Å². The van der Waals surface area contributed by atoms with Gasteiger partial charge in [-0.1, -0.05) is 56.3 Å². The van der Waals surface area contributed by atoms with Crippen LogP contribution in [0.2, 0.25) is 0 Å². The lowest BCUT2D eigenvalue weighted by Gasteiger charge is -2.37. The molecule has 0 spiro atoms. The van der Waals surface area contributed by atoms with Gasteiger partial charge in [-0.25, -0.2) is 0 Å². The highest BCUT2D eigenvalue weighted by atomic mass is 16.5. The molecule has 0 saturated heterocycles. The second-order valence-electron chi connectivity index (χ2n) is 7.44. The van der Waals surface area contributed by atoms with Gasteiger partial charge in [0.25, 0.3) is 0 Å². The summed E-state index contributed by atoms with van der Waals surface area (Å²) in [6.07, 6.45) is 3.41. The zero-order valence-corrected chi connectivity index (χ0v) is 15.3. The summed E-state index contributed by atoms with van der Waals surface area (Å²) in [5.74, 6) is 0.939. The first-order valence-corrected chi connectivity index (χ1v) is 9.02. The molecule has 25 heavy (non-hydrogen) atoms. The van der Waals surface area contributed by atoms with Crippen LogP contribution in [0.3, 0.4) is 0 Å². The maximum atomic E-state index is 13.0. The highest BCUT2D eigenvalue weighted by Crippen LogP contribution is 2.42. The van der Waals surface area contributed by atoms with Crippen molar-refractivity contribution in [2.45, 2.75) is 45.1 Å². The van der Waals surface area contributed by atoms with Crippen molar-refractivity contribution in [3.63, 3.8) is 0 Å². The Hall–Kier alpha value is -2.29. The Labute approximate surface area is 150 Å². The van der Waals surface area contributed by atoms with Gasteiger partial charge in [0.05, 0.1) is 12.5 Å². The minimum Gasteiger partial charge on any atom is -0.497 e. The van der Waals surface area contributed by atoms with Crippen molar-refractivity contribution in [2.24, 2.45) is 5.41 Å². The van der Waals surface area contributed by atoms with E-state index in [2.05, 4.69) is 29.6 Å². The fourth-order valence-electron chi connectivity index (χ4n) is 3.52. The first kappa shape index (κ1) is 17.5. The summed E-state index contributed by atoms with van der Waals surface area (Å²) in [4.78, 5) is 13.0. The van der Waals surface area contributed by atoms with E-state index in [0.29, 0.717) is 6.04 Å². The van der Waals surface area contributed by atoms with E-state index in [4.69, 9.17) is 4.74 Å². The first-order chi connectivity index (χ1) is 12.0. The van der Waals surface area contributed by atoms with Crippen molar-refractivity contribution in [3.8, 4) is 5.75 Å². The summed E-state index contributed by atoms with van der Waals surface area (Å²) in [6.45, 7) is 4.09. The molecule has 0 heterocycles. The van der Waals surface area contributed by atoms with Gasteiger partial charge in [-0.05, 0) is 42.5 Å². The summed E-state index contributed by atoms with van der Waals surface area (Å²) in [7, 11) is 1.67. The molecule has 1 atom stereocenters. The number of hydrogen-bond acceptors (Lipinski definition) is 2. The molecule has 1 aliphatic rings. The number of rotatable bonds is 6. The van der Waals surface area contributed by atoms with E-state index in [1.807, 2.05) is 44.2 Å². The van der Waals surface area contributed by atoms with Crippen molar-refractivity contribution < 1.29 is 9.53 Å². The second-order valence-corrected chi connectivity index (χ2v) is 7.44. The molecular formula is C22H27NO2.